The van der Waals surface area contributed by atoms with Crippen molar-refractivity contribution < 1.29 is 4.39 Å². The molecule has 0 bridgehead atoms. The highest BCUT2D eigenvalue weighted by Gasteiger charge is 2.01. The standard InChI is InChI=1S/C11H14FN/c1-3-10(12)9-13(2)11-7-5-4-6-8-11/h3-8H,9H2,1-2H3/b10-3-. The van der Waals surface area contributed by atoms with E-state index in [2.05, 4.69) is 0 Å². The highest BCUT2D eigenvalue weighted by Crippen LogP contribution is 2.12. The Kier molecular flexibility index (Phi) is 3.50. The molecule has 0 aromatic heterocycles. The van der Waals surface area contributed by atoms with Crippen LogP contribution in [0.25, 0.3) is 0 Å². The van der Waals surface area contributed by atoms with E-state index in [0.717, 1.165) is 5.69 Å². The molecule has 1 aromatic carbocycles. The smallest absolute Gasteiger partial charge is 0.115 e. The molecule has 70 valence electrons. The molecule has 0 radical (unpaired) electrons. The maximum atomic E-state index is 12.9. The molecular weight excluding hydrogens is 165 g/mol. The molecule has 0 heterocycles. The molecule has 2 heteroatoms. The SMILES string of the molecule is C/C=C(\F)CN(C)c1ccccc1. The van der Waals surface area contributed by atoms with Gasteiger partial charge in [0.05, 0.1) is 6.54 Å². The minimum absolute atomic E-state index is 0.105. The number of halogens is 1. The number of likely N-dealkylation sites (N-methyl/N-ethyl adjacent to an activating group) is 1. The van der Waals surface area contributed by atoms with E-state index in [0.29, 0.717) is 6.54 Å². The van der Waals surface area contributed by atoms with Crippen LogP contribution in [0, 0.1) is 0 Å². The number of rotatable bonds is 3. The van der Waals surface area contributed by atoms with Gasteiger partial charge in [0.1, 0.15) is 5.83 Å². The fraction of sp³-hybridized carbons (Fsp3) is 0.273. The van der Waals surface area contributed by atoms with Gasteiger partial charge in [-0.2, -0.15) is 0 Å². The van der Waals surface area contributed by atoms with Gasteiger partial charge >= 0.3 is 0 Å². The highest BCUT2D eigenvalue weighted by molar-refractivity contribution is 5.45. The minimum Gasteiger partial charge on any atom is -0.368 e. The summed E-state index contributed by atoms with van der Waals surface area (Å²) >= 11 is 0. The quantitative estimate of drug-likeness (QED) is 0.689. The lowest BCUT2D eigenvalue weighted by Gasteiger charge is -2.17. The predicted molar refractivity (Wildman–Crippen MR) is 54.6 cm³/mol. The van der Waals surface area contributed by atoms with Gasteiger partial charge in [-0.3, -0.25) is 0 Å². The van der Waals surface area contributed by atoms with Gasteiger partial charge in [-0.15, -0.1) is 0 Å². The van der Waals surface area contributed by atoms with E-state index in [-0.39, 0.29) is 5.83 Å². The third-order valence-electron chi connectivity index (χ3n) is 1.90. The van der Waals surface area contributed by atoms with Crippen LogP contribution in [0.15, 0.2) is 42.2 Å². The van der Waals surface area contributed by atoms with Gasteiger partial charge in [-0.1, -0.05) is 24.3 Å². The third-order valence-corrected chi connectivity index (χ3v) is 1.90. The van der Waals surface area contributed by atoms with Crippen molar-refractivity contribution in [2.45, 2.75) is 6.92 Å². The topological polar surface area (TPSA) is 3.24 Å². The number of allylic oxidation sites excluding steroid dienone is 1. The third kappa shape index (κ3) is 2.90. The van der Waals surface area contributed by atoms with Gasteiger partial charge in [0, 0.05) is 12.7 Å². The first-order valence-corrected chi connectivity index (χ1v) is 4.31. The summed E-state index contributed by atoms with van der Waals surface area (Å²) in [6.45, 7) is 2.04. The van der Waals surface area contributed by atoms with Crippen molar-refractivity contribution in [1.82, 2.24) is 0 Å². The van der Waals surface area contributed by atoms with Crippen LogP contribution in [-0.4, -0.2) is 13.6 Å². The summed E-state index contributed by atoms with van der Waals surface area (Å²) in [5, 5.41) is 0. The van der Waals surface area contributed by atoms with Crippen LogP contribution in [-0.2, 0) is 0 Å². The number of nitrogens with zero attached hydrogens (tertiary/aromatic N) is 1. The molecule has 1 nitrogen and oxygen atoms in total. The van der Waals surface area contributed by atoms with E-state index in [4.69, 9.17) is 0 Å². The normalized spacial score (nSPS) is 11.5. The molecule has 1 aromatic rings. The summed E-state index contributed by atoms with van der Waals surface area (Å²) in [7, 11) is 1.87. The second-order valence-corrected chi connectivity index (χ2v) is 2.93. The number of hydrogen-bond donors (Lipinski definition) is 0. The highest BCUT2D eigenvalue weighted by atomic mass is 19.1. The Bertz CT molecular complexity index is 279. The van der Waals surface area contributed by atoms with Crippen LogP contribution < -0.4 is 4.90 Å². The Balaban J connectivity index is 2.64. The Morgan fingerprint density at radius 2 is 2.00 bits per heavy atom. The largest absolute Gasteiger partial charge is 0.368 e. The van der Waals surface area contributed by atoms with Crippen LogP contribution in [0.2, 0.25) is 0 Å². The van der Waals surface area contributed by atoms with E-state index < -0.39 is 0 Å². The molecule has 0 fully saturated rings. The van der Waals surface area contributed by atoms with Crippen LogP contribution >= 0.6 is 0 Å². The zero-order chi connectivity index (χ0) is 9.68. The van der Waals surface area contributed by atoms with Crippen molar-refractivity contribution >= 4 is 5.69 Å². The van der Waals surface area contributed by atoms with Gasteiger partial charge < -0.3 is 4.90 Å². The fourth-order valence-electron chi connectivity index (χ4n) is 1.09. The van der Waals surface area contributed by atoms with Gasteiger partial charge in [0.25, 0.3) is 0 Å². The molecule has 0 N–H and O–H groups in total. The first-order valence-electron chi connectivity index (χ1n) is 4.31. The molecule has 13 heavy (non-hydrogen) atoms. The Labute approximate surface area is 78.5 Å². The van der Waals surface area contributed by atoms with Crippen molar-refractivity contribution in [2.24, 2.45) is 0 Å². The molecule has 0 aliphatic heterocycles. The van der Waals surface area contributed by atoms with Crippen molar-refractivity contribution in [3.8, 4) is 0 Å². The summed E-state index contributed by atoms with van der Waals surface area (Å²) in [5.74, 6) is -0.105. The van der Waals surface area contributed by atoms with Crippen LogP contribution in [0.1, 0.15) is 6.92 Å². The second kappa shape index (κ2) is 4.65. The van der Waals surface area contributed by atoms with E-state index in [1.807, 2.05) is 42.3 Å². The molecule has 0 atom stereocenters. The van der Waals surface area contributed by atoms with E-state index in [1.54, 1.807) is 6.92 Å². The molecule has 0 aliphatic carbocycles. The Morgan fingerprint density at radius 3 is 2.54 bits per heavy atom. The van der Waals surface area contributed by atoms with Crippen molar-refractivity contribution in [1.29, 1.82) is 0 Å². The summed E-state index contributed by atoms with van der Waals surface area (Å²) in [4.78, 5) is 1.87. The van der Waals surface area contributed by atoms with Gasteiger partial charge in [-0.25, -0.2) is 4.39 Å². The molecule has 1 rings (SSSR count). The lowest BCUT2D eigenvalue weighted by atomic mass is 10.3. The number of para-hydroxylation sites is 1. The van der Waals surface area contributed by atoms with Crippen molar-refractivity contribution in [3.63, 3.8) is 0 Å². The van der Waals surface area contributed by atoms with E-state index in [9.17, 15) is 4.39 Å². The molecule has 0 saturated carbocycles. The van der Waals surface area contributed by atoms with Crippen molar-refractivity contribution in [3.05, 3.63) is 42.2 Å². The molecular formula is C11H14FN. The van der Waals surface area contributed by atoms with E-state index >= 15 is 0 Å². The number of hydrogen-bond acceptors (Lipinski definition) is 1. The van der Waals surface area contributed by atoms with Crippen LogP contribution in [0.4, 0.5) is 10.1 Å². The minimum atomic E-state index is -0.105. The van der Waals surface area contributed by atoms with Gasteiger partial charge in [0.2, 0.25) is 0 Å². The predicted octanol–water partition coefficient (Wildman–Crippen LogP) is 3.00. The number of anilines is 1. The summed E-state index contributed by atoms with van der Waals surface area (Å²) < 4.78 is 12.9. The van der Waals surface area contributed by atoms with Crippen LogP contribution in [0.3, 0.4) is 0 Å². The maximum Gasteiger partial charge on any atom is 0.115 e. The fourth-order valence-corrected chi connectivity index (χ4v) is 1.09. The molecule has 0 spiro atoms. The van der Waals surface area contributed by atoms with Crippen molar-refractivity contribution in [2.75, 3.05) is 18.5 Å². The second-order valence-electron chi connectivity index (χ2n) is 2.93. The van der Waals surface area contributed by atoms with E-state index in [1.165, 1.54) is 6.08 Å². The summed E-state index contributed by atoms with van der Waals surface area (Å²) in [6, 6.07) is 9.76. The molecule has 0 saturated heterocycles. The monoisotopic (exact) mass is 179 g/mol. The first kappa shape index (κ1) is 9.78. The number of benzene rings is 1. The average molecular weight is 179 g/mol. The lowest BCUT2D eigenvalue weighted by Crippen LogP contribution is -2.18. The Morgan fingerprint density at radius 1 is 1.38 bits per heavy atom. The molecule has 0 aliphatic rings. The summed E-state index contributed by atoms with van der Waals surface area (Å²) in [6.07, 6.45) is 1.49. The maximum absolute atomic E-state index is 12.9. The zero-order valence-corrected chi connectivity index (χ0v) is 8.00. The van der Waals surface area contributed by atoms with Gasteiger partial charge in [0.15, 0.2) is 0 Å². The van der Waals surface area contributed by atoms with Crippen LogP contribution in [0.5, 0.6) is 0 Å². The zero-order valence-electron chi connectivity index (χ0n) is 8.00. The lowest BCUT2D eigenvalue weighted by molar-refractivity contribution is 0.608. The Hall–Kier alpha value is -1.31. The van der Waals surface area contributed by atoms with Gasteiger partial charge in [-0.05, 0) is 19.1 Å². The first-order chi connectivity index (χ1) is 6.24. The molecule has 0 amide bonds. The summed E-state index contributed by atoms with van der Waals surface area (Å²) in [5.41, 5.74) is 1.03. The average Bonchev–Trinajstić information content (AvgIpc) is 2.19. The molecule has 0 unspecified atom stereocenters.